The standard InChI is InChI=1S/C13H16BrNO3/c1-18-13(5-2-6-13)8-15-9-3-4-10(12(16)17)11(14)7-9/h3-4,7,15H,2,5-6,8H2,1H3,(H,16,17). The molecular formula is C13H16BrNO3. The van der Waals surface area contributed by atoms with Gasteiger partial charge in [0.1, 0.15) is 0 Å². The van der Waals surface area contributed by atoms with E-state index in [4.69, 9.17) is 9.84 Å². The number of carboxylic acid groups (broad SMARTS) is 1. The number of aromatic carboxylic acids is 1. The second-order valence-corrected chi connectivity index (χ2v) is 5.45. The molecule has 0 spiro atoms. The average Bonchev–Trinajstić information content (AvgIpc) is 2.27. The van der Waals surface area contributed by atoms with Crippen LogP contribution in [0.15, 0.2) is 22.7 Å². The molecule has 0 atom stereocenters. The number of hydrogen-bond donors (Lipinski definition) is 2. The van der Waals surface area contributed by atoms with E-state index in [2.05, 4.69) is 21.2 Å². The Bertz CT molecular complexity index is 452. The average molecular weight is 314 g/mol. The Hall–Kier alpha value is -1.07. The van der Waals surface area contributed by atoms with E-state index < -0.39 is 5.97 Å². The summed E-state index contributed by atoms with van der Waals surface area (Å²) in [5, 5.41) is 12.2. The van der Waals surface area contributed by atoms with Crippen molar-refractivity contribution >= 4 is 27.6 Å². The van der Waals surface area contributed by atoms with Crippen molar-refractivity contribution in [3.05, 3.63) is 28.2 Å². The maximum atomic E-state index is 10.9. The molecule has 0 unspecified atom stereocenters. The normalized spacial score (nSPS) is 17.0. The molecule has 0 aromatic heterocycles. The fourth-order valence-corrected chi connectivity index (χ4v) is 2.63. The third kappa shape index (κ3) is 2.67. The van der Waals surface area contributed by atoms with Crippen LogP contribution in [0.4, 0.5) is 5.69 Å². The van der Waals surface area contributed by atoms with Gasteiger partial charge in [-0.2, -0.15) is 0 Å². The lowest BCUT2D eigenvalue weighted by atomic mass is 9.80. The highest BCUT2D eigenvalue weighted by molar-refractivity contribution is 9.10. The number of methoxy groups -OCH3 is 1. The largest absolute Gasteiger partial charge is 0.478 e. The van der Waals surface area contributed by atoms with Crippen molar-refractivity contribution in [3.63, 3.8) is 0 Å². The summed E-state index contributed by atoms with van der Waals surface area (Å²) in [7, 11) is 1.74. The number of carbonyl (C=O) groups is 1. The van der Waals surface area contributed by atoms with Crippen molar-refractivity contribution in [2.75, 3.05) is 19.0 Å². The Kier molecular flexibility index (Phi) is 3.92. The molecule has 0 saturated heterocycles. The van der Waals surface area contributed by atoms with Crippen molar-refractivity contribution in [1.82, 2.24) is 0 Å². The molecule has 1 aromatic rings. The lowest BCUT2D eigenvalue weighted by molar-refractivity contribution is -0.0601. The lowest BCUT2D eigenvalue weighted by Crippen LogP contribution is -2.45. The summed E-state index contributed by atoms with van der Waals surface area (Å²) < 4.78 is 6.10. The zero-order chi connectivity index (χ0) is 13.2. The van der Waals surface area contributed by atoms with E-state index in [1.807, 2.05) is 0 Å². The second kappa shape index (κ2) is 5.28. The number of halogens is 1. The summed E-state index contributed by atoms with van der Waals surface area (Å²) in [4.78, 5) is 10.9. The van der Waals surface area contributed by atoms with Gasteiger partial charge in [0.05, 0.1) is 11.2 Å². The van der Waals surface area contributed by atoms with Crippen LogP contribution in [0, 0.1) is 0 Å². The minimum Gasteiger partial charge on any atom is -0.478 e. The van der Waals surface area contributed by atoms with Gasteiger partial charge in [-0.1, -0.05) is 0 Å². The number of hydrogen-bond acceptors (Lipinski definition) is 3. The first-order valence-corrected chi connectivity index (χ1v) is 6.67. The predicted molar refractivity (Wildman–Crippen MR) is 73.2 cm³/mol. The Morgan fingerprint density at radius 3 is 2.72 bits per heavy atom. The summed E-state index contributed by atoms with van der Waals surface area (Å²) in [6, 6.07) is 5.15. The molecule has 0 bridgehead atoms. The molecule has 0 heterocycles. The Balaban J connectivity index is 2.02. The fraction of sp³-hybridized carbons (Fsp3) is 0.462. The lowest BCUT2D eigenvalue weighted by Gasteiger charge is -2.40. The van der Waals surface area contributed by atoms with Crippen molar-refractivity contribution in [2.24, 2.45) is 0 Å². The van der Waals surface area contributed by atoms with Crippen LogP contribution in [0.3, 0.4) is 0 Å². The highest BCUT2D eigenvalue weighted by Crippen LogP contribution is 2.35. The van der Waals surface area contributed by atoms with Crippen molar-refractivity contribution < 1.29 is 14.6 Å². The molecule has 4 nitrogen and oxygen atoms in total. The predicted octanol–water partition coefficient (Wildman–Crippen LogP) is 3.13. The first-order chi connectivity index (χ1) is 8.56. The third-order valence-electron chi connectivity index (χ3n) is 3.51. The summed E-state index contributed by atoms with van der Waals surface area (Å²) in [5.41, 5.74) is 1.12. The van der Waals surface area contributed by atoms with Crippen LogP contribution < -0.4 is 5.32 Å². The molecule has 0 radical (unpaired) electrons. The highest BCUT2D eigenvalue weighted by Gasteiger charge is 2.36. The van der Waals surface area contributed by atoms with E-state index in [1.165, 1.54) is 6.42 Å². The zero-order valence-corrected chi connectivity index (χ0v) is 11.8. The zero-order valence-electron chi connectivity index (χ0n) is 10.2. The molecule has 1 aromatic carbocycles. The number of nitrogens with one attached hydrogen (secondary N) is 1. The van der Waals surface area contributed by atoms with Crippen LogP contribution >= 0.6 is 15.9 Å². The monoisotopic (exact) mass is 313 g/mol. The number of anilines is 1. The number of ether oxygens (including phenoxy) is 1. The molecule has 5 heteroatoms. The van der Waals surface area contributed by atoms with Crippen LogP contribution in [0.1, 0.15) is 29.6 Å². The molecule has 1 aliphatic rings. The maximum Gasteiger partial charge on any atom is 0.336 e. The van der Waals surface area contributed by atoms with E-state index in [1.54, 1.807) is 25.3 Å². The molecular weight excluding hydrogens is 298 g/mol. The van der Waals surface area contributed by atoms with Crippen LogP contribution in [-0.2, 0) is 4.74 Å². The van der Waals surface area contributed by atoms with Gasteiger partial charge in [0, 0.05) is 23.8 Å². The number of carboxylic acids is 1. The summed E-state index contributed by atoms with van der Waals surface area (Å²) >= 11 is 3.26. The van der Waals surface area contributed by atoms with Gasteiger partial charge >= 0.3 is 5.97 Å². The molecule has 0 aliphatic heterocycles. The van der Waals surface area contributed by atoms with E-state index in [0.717, 1.165) is 25.1 Å². The van der Waals surface area contributed by atoms with Gasteiger partial charge < -0.3 is 15.2 Å². The second-order valence-electron chi connectivity index (χ2n) is 4.59. The topological polar surface area (TPSA) is 58.6 Å². The van der Waals surface area contributed by atoms with Crippen molar-refractivity contribution in [2.45, 2.75) is 24.9 Å². The smallest absolute Gasteiger partial charge is 0.336 e. The van der Waals surface area contributed by atoms with Gasteiger partial charge in [-0.3, -0.25) is 0 Å². The fourth-order valence-electron chi connectivity index (χ4n) is 2.09. The molecule has 0 amide bonds. The molecule has 2 rings (SSSR count). The van der Waals surface area contributed by atoms with Gasteiger partial charge in [0.25, 0.3) is 0 Å². The van der Waals surface area contributed by atoms with Crippen LogP contribution in [0.5, 0.6) is 0 Å². The Morgan fingerprint density at radius 2 is 2.28 bits per heavy atom. The minimum atomic E-state index is -0.930. The molecule has 18 heavy (non-hydrogen) atoms. The van der Waals surface area contributed by atoms with Gasteiger partial charge in [0.2, 0.25) is 0 Å². The first kappa shape index (κ1) is 13.4. The number of rotatable bonds is 5. The molecule has 1 fully saturated rings. The Morgan fingerprint density at radius 1 is 1.56 bits per heavy atom. The van der Waals surface area contributed by atoms with Crippen molar-refractivity contribution in [3.8, 4) is 0 Å². The van der Waals surface area contributed by atoms with E-state index in [9.17, 15) is 4.79 Å². The van der Waals surface area contributed by atoms with Crippen LogP contribution in [0.25, 0.3) is 0 Å². The van der Waals surface area contributed by atoms with E-state index in [0.29, 0.717) is 4.47 Å². The molecule has 2 N–H and O–H groups in total. The van der Waals surface area contributed by atoms with Gasteiger partial charge in [-0.15, -0.1) is 0 Å². The van der Waals surface area contributed by atoms with Gasteiger partial charge in [0.15, 0.2) is 0 Å². The number of benzene rings is 1. The third-order valence-corrected chi connectivity index (χ3v) is 4.17. The maximum absolute atomic E-state index is 10.9. The van der Waals surface area contributed by atoms with E-state index >= 15 is 0 Å². The Labute approximate surface area is 114 Å². The first-order valence-electron chi connectivity index (χ1n) is 5.88. The molecule has 98 valence electrons. The summed E-state index contributed by atoms with van der Waals surface area (Å²) in [6.45, 7) is 0.752. The van der Waals surface area contributed by atoms with Crippen molar-refractivity contribution in [1.29, 1.82) is 0 Å². The van der Waals surface area contributed by atoms with Gasteiger partial charge in [-0.25, -0.2) is 4.79 Å². The summed E-state index contributed by atoms with van der Waals surface area (Å²) in [6.07, 6.45) is 3.35. The molecule has 1 aliphatic carbocycles. The van der Waals surface area contributed by atoms with Crippen LogP contribution in [-0.4, -0.2) is 30.3 Å². The van der Waals surface area contributed by atoms with Gasteiger partial charge in [-0.05, 0) is 53.4 Å². The highest BCUT2D eigenvalue weighted by atomic mass is 79.9. The van der Waals surface area contributed by atoms with E-state index in [-0.39, 0.29) is 11.2 Å². The summed E-state index contributed by atoms with van der Waals surface area (Å²) in [5.74, 6) is -0.930. The SMILES string of the molecule is COC1(CNc2ccc(C(=O)O)c(Br)c2)CCC1. The quantitative estimate of drug-likeness (QED) is 0.877. The molecule has 1 saturated carbocycles. The van der Waals surface area contributed by atoms with Crippen LogP contribution in [0.2, 0.25) is 0 Å². The minimum absolute atomic E-state index is 0.0437.